The predicted molar refractivity (Wildman–Crippen MR) is 85.3 cm³/mol. The van der Waals surface area contributed by atoms with Crippen molar-refractivity contribution in [1.29, 1.82) is 0 Å². The van der Waals surface area contributed by atoms with Crippen molar-refractivity contribution in [1.82, 2.24) is 0 Å². The molecule has 0 fully saturated rings. The highest BCUT2D eigenvalue weighted by Crippen LogP contribution is 2.35. The second-order valence-electron chi connectivity index (χ2n) is 5.39. The summed E-state index contributed by atoms with van der Waals surface area (Å²) >= 11 is 0. The molecule has 0 heterocycles. The predicted octanol–water partition coefficient (Wildman–Crippen LogP) is 3.72. The lowest BCUT2D eigenvalue weighted by Gasteiger charge is -2.11. The molecule has 1 unspecified atom stereocenters. The fourth-order valence-corrected chi connectivity index (χ4v) is 2.45. The van der Waals surface area contributed by atoms with Crippen LogP contribution in [0.2, 0.25) is 0 Å². The van der Waals surface area contributed by atoms with E-state index in [0.717, 1.165) is 51.4 Å². The highest BCUT2D eigenvalue weighted by Gasteiger charge is 2.12. The molecule has 0 spiro atoms. The van der Waals surface area contributed by atoms with Crippen LogP contribution in [-0.2, 0) is 18.6 Å². The van der Waals surface area contributed by atoms with Gasteiger partial charge in [-0.15, -0.1) is 0 Å². The van der Waals surface area contributed by atoms with Gasteiger partial charge in [0.15, 0.2) is 0 Å². The minimum absolute atomic E-state index is 0.0560. The van der Waals surface area contributed by atoms with E-state index in [4.69, 9.17) is 14.5 Å². The van der Waals surface area contributed by atoms with E-state index in [1.54, 1.807) is 0 Å². The molecule has 0 amide bonds. The van der Waals surface area contributed by atoms with Crippen LogP contribution in [0.1, 0.15) is 64.7 Å². The van der Waals surface area contributed by atoms with E-state index in [1.165, 1.54) is 6.08 Å². The normalized spacial score (nSPS) is 12.9. The molecule has 0 aliphatic heterocycles. The summed E-state index contributed by atoms with van der Waals surface area (Å²) in [5, 5.41) is 0. The van der Waals surface area contributed by atoms with Crippen LogP contribution >= 0.6 is 7.82 Å². The van der Waals surface area contributed by atoms with E-state index in [1.807, 2.05) is 6.92 Å². The van der Waals surface area contributed by atoms with Gasteiger partial charge in [0.2, 0.25) is 0 Å². The van der Waals surface area contributed by atoms with Gasteiger partial charge in [0, 0.05) is 6.08 Å². The van der Waals surface area contributed by atoms with Gasteiger partial charge in [0.1, 0.15) is 0 Å². The standard InChI is InChI=1S/C15H29O6P/c1-3-15(16)21-14(2)12-10-8-6-4-5-7-9-11-13-20-22(17,18)19/h3,14H,1,4-13H2,2H3,(H2,17,18,19). The molecule has 0 aromatic heterocycles. The maximum atomic E-state index is 11.0. The Kier molecular flexibility index (Phi) is 12.4. The van der Waals surface area contributed by atoms with Crippen molar-refractivity contribution in [3.05, 3.63) is 12.7 Å². The zero-order valence-electron chi connectivity index (χ0n) is 13.4. The van der Waals surface area contributed by atoms with Crippen molar-refractivity contribution in [2.24, 2.45) is 0 Å². The number of carbonyl (C=O) groups excluding carboxylic acids is 1. The maximum absolute atomic E-state index is 11.0. The zero-order valence-corrected chi connectivity index (χ0v) is 14.3. The van der Waals surface area contributed by atoms with Gasteiger partial charge in [-0.05, 0) is 26.2 Å². The molecule has 0 aromatic carbocycles. The van der Waals surface area contributed by atoms with E-state index in [-0.39, 0.29) is 18.7 Å². The summed E-state index contributed by atoms with van der Waals surface area (Å²) in [7, 11) is -4.30. The first-order chi connectivity index (χ1) is 10.3. The molecule has 22 heavy (non-hydrogen) atoms. The number of hydrogen-bond donors (Lipinski definition) is 2. The van der Waals surface area contributed by atoms with Crippen molar-refractivity contribution in [2.75, 3.05) is 6.61 Å². The van der Waals surface area contributed by atoms with Gasteiger partial charge in [-0.2, -0.15) is 0 Å². The number of rotatable bonds is 14. The van der Waals surface area contributed by atoms with Crippen molar-refractivity contribution in [2.45, 2.75) is 70.8 Å². The Morgan fingerprint density at radius 3 is 2.09 bits per heavy atom. The average molecular weight is 336 g/mol. The van der Waals surface area contributed by atoms with Crippen LogP contribution in [0.4, 0.5) is 0 Å². The topological polar surface area (TPSA) is 93.1 Å². The summed E-state index contributed by atoms with van der Waals surface area (Å²) in [5.74, 6) is -0.366. The fraction of sp³-hybridized carbons (Fsp3) is 0.800. The molecule has 0 saturated heterocycles. The summed E-state index contributed by atoms with van der Waals surface area (Å²) in [6.45, 7) is 5.37. The minimum atomic E-state index is -4.30. The number of ether oxygens (including phenoxy) is 1. The van der Waals surface area contributed by atoms with E-state index < -0.39 is 7.82 Å². The van der Waals surface area contributed by atoms with E-state index >= 15 is 0 Å². The number of hydrogen-bond acceptors (Lipinski definition) is 4. The van der Waals surface area contributed by atoms with Gasteiger partial charge in [-0.3, -0.25) is 4.52 Å². The molecule has 7 heteroatoms. The number of unbranched alkanes of at least 4 members (excludes halogenated alkanes) is 7. The summed E-state index contributed by atoms with van der Waals surface area (Å²) in [6, 6.07) is 0. The molecule has 0 rings (SSSR count). The first kappa shape index (κ1) is 21.3. The first-order valence-corrected chi connectivity index (χ1v) is 9.41. The first-order valence-electron chi connectivity index (χ1n) is 7.88. The van der Waals surface area contributed by atoms with Crippen molar-refractivity contribution >= 4 is 13.8 Å². The third-order valence-electron chi connectivity index (χ3n) is 3.25. The molecule has 0 saturated carbocycles. The van der Waals surface area contributed by atoms with Crippen molar-refractivity contribution in [3.8, 4) is 0 Å². The van der Waals surface area contributed by atoms with Gasteiger partial charge in [0.05, 0.1) is 12.7 Å². The Bertz CT molecular complexity index is 352. The maximum Gasteiger partial charge on any atom is 0.469 e. The van der Waals surface area contributed by atoms with Gasteiger partial charge in [-0.25, -0.2) is 9.36 Å². The highest BCUT2D eigenvalue weighted by atomic mass is 31.2. The molecule has 1 atom stereocenters. The van der Waals surface area contributed by atoms with Gasteiger partial charge in [-0.1, -0.05) is 45.1 Å². The summed E-state index contributed by atoms with van der Waals surface area (Å²) in [6.07, 6.45) is 10.3. The summed E-state index contributed by atoms with van der Waals surface area (Å²) < 4.78 is 19.9. The second-order valence-corrected chi connectivity index (χ2v) is 6.63. The Morgan fingerprint density at radius 2 is 1.59 bits per heavy atom. The third-order valence-corrected chi connectivity index (χ3v) is 3.77. The van der Waals surface area contributed by atoms with Gasteiger partial charge >= 0.3 is 13.8 Å². The smallest absolute Gasteiger partial charge is 0.460 e. The number of esters is 1. The molecular formula is C15H29O6P. The lowest BCUT2D eigenvalue weighted by atomic mass is 10.1. The molecule has 0 bridgehead atoms. The quantitative estimate of drug-likeness (QED) is 0.217. The number of carbonyl (C=O) groups is 1. The Labute approximate surface area is 133 Å². The largest absolute Gasteiger partial charge is 0.469 e. The van der Waals surface area contributed by atoms with Crippen LogP contribution in [0.25, 0.3) is 0 Å². The minimum Gasteiger partial charge on any atom is -0.460 e. The zero-order chi connectivity index (χ0) is 16.8. The van der Waals surface area contributed by atoms with Crippen molar-refractivity contribution in [3.63, 3.8) is 0 Å². The van der Waals surface area contributed by atoms with Crippen LogP contribution in [0.3, 0.4) is 0 Å². The number of phosphoric ester groups is 1. The summed E-state index contributed by atoms with van der Waals surface area (Å²) in [4.78, 5) is 28.0. The fourth-order valence-electron chi connectivity index (χ4n) is 2.08. The van der Waals surface area contributed by atoms with Gasteiger partial charge in [0.25, 0.3) is 0 Å². The Morgan fingerprint density at radius 1 is 1.09 bits per heavy atom. The molecule has 0 aliphatic carbocycles. The number of phosphoric acid groups is 1. The molecule has 0 radical (unpaired) electrons. The van der Waals surface area contributed by atoms with Crippen LogP contribution in [-0.4, -0.2) is 28.5 Å². The molecule has 6 nitrogen and oxygen atoms in total. The molecular weight excluding hydrogens is 307 g/mol. The Hall–Kier alpha value is -0.680. The van der Waals surface area contributed by atoms with E-state index in [9.17, 15) is 9.36 Å². The van der Waals surface area contributed by atoms with E-state index in [0.29, 0.717) is 6.42 Å². The van der Waals surface area contributed by atoms with Crippen molar-refractivity contribution < 1.29 is 28.4 Å². The lowest BCUT2D eigenvalue weighted by molar-refractivity contribution is -0.142. The van der Waals surface area contributed by atoms with Crippen LogP contribution in [0.5, 0.6) is 0 Å². The lowest BCUT2D eigenvalue weighted by Crippen LogP contribution is -2.12. The van der Waals surface area contributed by atoms with Gasteiger partial charge < -0.3 is 14.5 Å². The molecule has 0 aromatic rings. The molecule has 0 aliphatic rings. The SMILES string of the molecule is C=CC(=O)OC(C)CCCCCCCCCCOP(=O)(O)O. The van der Waals surface area contributed by atoms with Crippen LogP contribution in [0.15, 0.2) is 12.7 Å². The van der Waals surface area contributed by atoms with Crippen LogP contribution < -0.4 is 0 Å². The highest BCUT2D eigenvalue weighted by molar-refractivity contribution is 7.46. The third kappa shape index (κ3) is 15.7. The average Bonchev–Trinajstić information content (AvgIpc) is 2.43. The molecule has 2 N–H and O–H groups in total. The Balaban J connectivity index is 3.25. The van der Waals surface area contributed by atoms with E-state index in [2.05, 4.69) is 11.1 Å². The monoisotopic (exact) mass is 336 g/mol. The van der Waals surface area contributed by atoms with Crippen LogP contribution in [0, 0.1) is 0 Å². The summed E-state index contributed by atoms with van der Waals surface area (Å²) in [5.41, 5.74) is 0. The second kappa shape index (κ2) is 12.8. The molecule has 130 valence electrons.